The zero-order valence-corrected chi connectivity index (χ0v) is 9.33. The zero-order chi connectivity index (χ0) is 10.8. The minimum absolute atomic E-state index is 0.248. The molecule has 0 heterocycles. The Morgan fingerprint density at radius 2 is 2.00 bits per heavy atom. The van der Waals surface area contributed by atoms with Gasteiger partial charge in [0.2, 0.25) is 0 Å². The molecule has 0 bridgehead atoms. The summed E-state index contributed by atoms with van der Waals surface area (Å²) in [6, 6.07) is 0. The van der Waals surface area contributed by atoms with Crippen molar-refractivity contribution in [3.8, 4) is 0 Å². The molecule has 0 aromatic carbocycles. The Morgan fingerprint density at radius 1 is 1.29 bits per heavy atom. The molecule has 2 nitrogen and oxygen atoms in total. The number of carbonyl (C=O) groups is 1. The van der Waals surface area contributed by atoms with Gasteiger partial charge >= 0.3 is 5.97 Å². The van der Waals surface area contributed by atoms with Crippen molar-refractivity contribution in [2.75, 3.05) is 0 Å². The fourth-order valence-corrected chi connectivity index (χ4v) is 1.21. The third-order valence-corrected chi connectivity index (χ3v) is 2.30. The minimum atomic E-state index is -0.708. The zero-order valence-electron chi connectivity index (χ0n) is 9.33. The largest absolute Gasteiger partial charge is 0.481 e. The normalized spacial score (nSPS) is 13.3. The molecule has 1 unspecified atom stereocenters. The Balaban J connectivity index is 3.31. The number of aliphatic carboxylic acids is 1. The van der Waals surface area contributed by atoms with Gasteiger partial charge in [-0.05, 0) is 19.3 Å². The van der Waals surface area contributed by atoms with Gasteiger partial charge < -0.3 is 5.11 Å². The number of rotatable bonds is 8. The summed E-state index contributed by atoms with van der Waals surface area (Å²) < 4.78 is 0. The van der Waals surface area contributed by atoms with Gasteiger partial charge in [0.25, 0.3) is 0 Å². The number of carboxylic acid groups (broad SMARTS) is 1. The maximum absolute atomic E-state index is 10.5. The van der Waals surface area contributed by atoms with Crippen LogP contribution in [0, 0.1) is 5.92 Å². The summed E-state index contributed by atoms with van der Waals surface area (Å²) in [4.78, 5) is 10.5. The molecule has 0 rings (SSSR count). The summed E-state index contributed by atoms with van der Waals surface area (Å²) in [6.07, 6.45) is 10.9. The second-order valence-corrected chi connectivity index (χ2v) is 3.80. The van der Waals surface area contributed by atoms with Crippen LogP contribution in [-0.2, 0) is 4.79 Å². The lowest BCUT2D eigenvalue weighted by atomic mass is 10.1. The van der Waals surface area contributed by atoms with E-state index in [1.165, 1.54) is 25.7 Å². The van der Waals surface area contributed by atoms with Crippen LogP contribution in [0.15, 0.2) is 12.2 Å². The predicted octanol–water partition coefficient (Wildman–Crippen LogP) is 3.62. The van der Waals surface area contributed by atoms with Gasteiger partial charge in [-0.1, -0.05) is 45.3 Å². The van der Waals surface area contributed by atoms with Gasteiger partial charge in [0.05, 0.1) is 5.92 Å². The van der Waals surface area contributed by atoms with Crippen LogP contribution in [0.3, 0.4) is 0 Å². The lowest BCUT2D eigenvalue weighted by Crippen LogP contribution is -2.07. The van der Waals surface area contributed by atoms with E-state index in [4.69, 9.17) is 5.11 Å². The van der Waals surface area contributed by atoms with Crippen LogP contribution in [0.5, 0.6) is 0 Å². The van der Waals surface area contributed by atoms with Crippen molar-refractivity contribution in [3.05, 3.63) is 12.2 Å². The third kappa shape index (κ3) is 7.84. The topological polar surface area (TPSA) is 37.3 Å². The van der Waals surface area contributed by atoms with Gasteiger partial charge in [-0.25, -0.2) is 0 Å². The highest BCUT2D eigenvalue weighted by atomic mass is 16.4. The maximum atomic E-state index is 10.5. The number of unbranched alkanes of at least 4 members (excludes halogenated alkanes) is 4. The van der Waals surface area contributed by atoms with E-state index in [-0.39, 0.29) is 5.92 Å². The Labute approximate surface area is 87.0 Å². The molecule has 0 aliphatic rings. The van der Waals surface area contributed by atoms with Gasteiger partial charge in [-0.3, -0.25) is 4.79 Å². The summed E-state index contributed by atoms with van der Waals surface area (Å²) in [5.74, 6) is -0.956. The molecular formula is C12H22O2. The molecule has 1 atom stereocenters. The maximum Gasteiger partial charge on any atom is 0.306 e. The highest BCUT2D eigenvalue weighted by Crippen LogP contribution is 2.06. The second-order valence-electron chi connectivity index (χ2n) is 3.80. The smallest absolute Gasteiger partial charge is 0.306 e. The van der Waals surface area contributed by atoms with Crippen molar-refractivity contribution < 1.29 is 9.90 Å². The number of hydrogen-bond acceptors (Lipinski definition) is 1. The van der Waals surface area contributed by atoms with Crippen LogP contribution in [0.1, 0.15) is 52.4 Å². The molecule has 0 fully saturated rings. The summed E-state index contributed by atoms with van der Waals surface area (Å²) in [6.45, 7) is 3.94. The highest BCUT2D eigenvalue weighted by molar-refractivity contribution is 5.69. The van der Waals surface area contributed by atoms with Gasteiger partial charge in [-0.2, -0.15) is 0 Å². The molecule has 0 amide bonds. The van der Waals surface area contributed by atoms with Crippen LogP contribution in [0.25, 0.3) is 0 Å². The SMILES string of the molecule is CCCCCCC=CCC(C)C(=O)O. The Kier molecular flexibility index (Phi) is 8.30. The van der Waals surface area contributed by atoms with E-state index < -0.39 is 5.97 Å². The molecule has 0 aromatic rings. The van der Waals surface area contributed by atoms with Crippen molar-refractivity contribution in [3.63, 3.8) is 0 Å². The van der Waals surface area contributed by atoms with Crippen molar-refractivity contribution in [1.82, 2.24) is 0 Å². The van der Waals surface area contributed by atoms with Crippen LogP contribution >= 0.6 is 0 Å². The van der Waals surface area contributed by atoms with E-state index in [0.29, 0.717) is 6.42 Å². The molecule has 0 radical (unpaired) electrons. The van der Waals surface area contributed by atoms with E-state index in [1.807, 2.05) is 6.08 Å². The van der Waals surface area contributed by atoms with Crippen LogP contribution in [0.2, 0.25) is 0 Å². The van der Waals surface area contributed by atoms with E-state index >= 15 is 0 Å². The van der Waals surface area contributed by atoms with Gasteiger partial charge in [0.1, 0.15) is 0 Å². The third-order valence-electron chi connectivity index (χ3n) is 2.30. The first-order valence-corrected chi connectivity index (χ1v) is 5.56. The molecular weight excluding hydrogens is 176 g/mol. The molecule has 82 valence electrons. The van der Waals surface area contributed by atoms with Crippen molar-refractivity contribution in [2.24, 2.45) is 5.92 Å². The molecule has 14 heavy (non-hydrogen) atoms. The van der Waals surface area contributed by atoms with Crippen LogP contribution in [0.4, 0.5) is 0 Å². The first-order valence-electron chi connectivity index (χ1n) is 5.56. The van der Waals surface area contributed by atoms with Crippen molar-refractivity contribution in [1.29, 1.82) is 0 Å². The standard InChI is InChI=1S/C12H22O2/c1-3-4-5-6-7-8-9-10-11(2)12(13)14/h8-9,11H,3-7,10H2,1-2H3,(H,13,14). The fraction of sp³-hybridized carbons (Fsp3) is 0.750. The van der Waals surface area contributed by atoms with Crippen LogP contribution in [-0.4, -0.2) is 11.1 Å². The number of allylic oxidation sites excluding steroid dienone is 2. The molecule has 0 spiro atoms. The average Bonchev–Trinajstić information content (AvgIpc) is 2.16. The average molecular weight is 198 g/mol. The molecule has 0 saturated heterocycles. The Hall–Kier alpha value is -0.790. The Bertz CT molecular complexity index is 173. The molecule has 0 aliphatic carbocycles. The summed E-state index contributed by atoms with van der Waals surface area (Å²) in [5.41, 5.74) is 0. The summed E-state index contributed by atoms with van der Waals surface area (Å²) in [7, 11) is 0. The van der Waals surface area contributed by atoms with E-state index in [2.05, 4.69) is 13.0 Å². The predicted molar refractivity (Wildman–Crippen MR) is 59.3 cm³/mol. The monoisotopic (exact) mass is 198 g/mol. The van der Waals surface area contributed by atoms with Crippen molar-refractivity contribution in [2.45, 2.75) is 52.4 Å². The van der Waals surface area contributed by atoms with Gasteiger partial charge in [0.15, 0.2) is 0 Å². The molecule has 0 aromatic heterocycles. The lowest BCUT2D eigenvalue weighted by Gasteiger charge is -2.00. The highest BCUT2D eigenvalue weighted by Gasteiger charge is 2.06. The summed E-state index contributed by atoms with van der Waals surface area (Å²) in [5, 5.41) is 8.62. The number of carboxylic acids is 1. The quantitative estimate of drug-likeness (QED) is 0.477. The second kappa shape index (κ2) is 8.79. The van der Waals surface area contributed by atoms with E-state index in [1.54, 1.807) is 6.92 Å². The molecule has 1 N–H and O–H groups in total. The minimum Gasteiger partial charge on any atom is -0.481 e. The van der Waals surface area contributed by atoms with E-state index in [0.717, 1.165) is 6.42 Å². The first kappa shape index (κ1) is 13.2. The summed E-state index contributed by atoms with van der Waals surface area (Å²) >= 11 is 0. The van der Waals surface area contributed by atoms with E-state index in [9.17, 15) is 4.79 Å². The van der Waals surface area contributed by atoms with Crippen LogP contribution < -0.4 is 0 Å². The molecule has 0 aliphatic heterocycles. The lowest BCUT2D eigenvalue weighted by molar-refractivity contribution is -0.140. The van der Waals surface area contributed by atoms with Gasteiger partial charge in [-0.15, -0.1) is 0 Å². The Morgan fingerprint density at radius 3 is 2.57 bits per heavy atom. The van der Waals surface area contributed by atoms with Crippen molar-refractivity contribution >= 4 is 5.97 Å². The molecule has 2 heteroatoms. The fourth-order valence-electron chi connectivity index (χ4n) is 1.21. The first-order chi connectivity index (χ1) is 6.68. The number of hydrogen-bond donors (Lipinski definition) is 1. The molecule has 0 saturated carbocycles. The van der Waals surface area contributed by atoms with Gasteiger partial charge in [0, 0.05) is 0 Å².